The van der Waals surface area contributed by atoms with Crippen LogP contribution >= 0.6 is 0 Å². The first-order valence-electron chi connectivity index (χ1n) is 18.2. The Kier molecular flexibility index (Phi) is 8.52. The molecule has 0 N–H and O–H groups in total. The molecule has 0 radical (unpaired) electrons. The molecule has 1 nitrogen and oxygen atoms in total. The van der Waals surface area contributed by atoms with Gasteiger partial charge in [-0.1, -0.05) is 195 Å². The summed E-state index contributed by atoms with van der Waals surface area (Å²) in [5.74, 6) is 0. The minimum Gasteiger partial charge on any atom is -0.248 e. The zero-order valence-corrected chi connectivity index (χ0v) is 29.4. The molecule has 1 heteroatoms. The van der Waals surface area contributed by atoms with Gasteiger partial charge in [-0.15, -0.1) is 0 Å². The molecule has 53 heavy (non-hydrogen) atoms. The highest BCUT2D eigenvalue weighted by Gasteiger charge is 2.20. The van der Waals surface area contributed by atoms with Gasteiger partial charge in [-0.05, 0) is 95.0 Å². The van der Waals surface area contributed by atoms with Gasteiger partial charge in [0.2, 0.25) is 0 Å². The Labute approximate surface area is 310 Å². The van der Waals surface area contributed by atoms with Crippen molar-refractivity contribution in [1.29, 1.82) is 0 Å². The average Bonchev–Trinajstić information content (AvgIpc) is 3.23. The molecule has 0 bridgehead atoms. The van der Waals surface area contributed by atoms with E-state index in [9.17, 15) is 0 Å². The third kappa shape index (κ3) is 6.03. The maximum Gasteiger partial charge on any atom is 0.0703 e. The lowest BCUT2D eigenvalue weighted by molar-refractivity contribution is 1.26. The van der Waals surface area contributed by atoms with Gasteiger partial charge in [0, 0.05) is 5.56 Å². The normalized spacial score (nSPS) is 12.2. The Balaban J connectivity index is 1.34. The third-order valence-electron chi connectivity index (χ3n) is 10.3. The lowest BCUT2D eigenvalue weighted by Crippen LogP contribution is -2.00. The van der Waals surface area contributed by atoms with Crippen molar-refractivity contribution in [3.8, 4) is 22.3 Å². The van der Waals surface area contributed by atoms with E-state index in [1.54, 1.807) is 0 Å². The molecule has 0 saturated carbocycles. The summed E-state index contributed by atoms with van der Waals surface area (Å²) in [6, 6.07) is 67.5. The Morgan fingerprint density at radius 2 is 0.925 bits per heavy atom. The number of benzene rings is 9. The quantitative estimate of drug-likeness (QED) is 0.112. The van der Waals surface area contributed by atoms with Crippen LogP contribution in [-0.4, -0.2) is 5.71 Å². The molecule has 0 heterocycles. The topological polar surface area (TPSA) is 12.4 Å². The van der Waals surface area contributed by atoms with Gasteiger partial charge in [0.1, 0.15) is 0 Å². The van der Waals surface area contributed by atoms with Crippen molar-refractivity contribution in [1.82, 2.24) is 0 Å². The van der Waals surface area contributed by atoms with Gasteiger partial charge in [0.15, 0.2) is 0 Å². The molecule has 0 atom stereocenters. The first-order valence-corrected chi connectivity index (χ1v) is 18.2. The van der Waals surface area contributed by atoms with Crippen LogP contribution in [0.25, 0.3) is 71.0 Å². The van der Waals surface area contributed by atoms with Crippen LogP contribution in [0.5, 0.6) is 0 Å². The Morgan fingerprint density at radius 3 is 1.53 bits per heavy atom. The van der Waals surface area contributed by atoms with E-state index >= 15 is 0 Å². The summed E-state index contributed by atoms with van der Waals surface area (Å²) in [5, 5.41) is 9.78. The van der Waals surface area contributed by atoms with Crippen molar-refractivity contribution in [2.75, 3.05) is 0 Å². The van der Waals surface area contributed by atoms with Gasteiger partial charge in [-0.2, -0.15) is 0 Å². The minimum absolute atomic E-state index is 0.780. The summed E-state index contributed by atoms with van der Waals surface area (Å²) >= 11 is 0. The molecule has 9 rings (SSSR count). The van der Waals surface area contributed by atoms with Crippen molar-refractivity contribution < 1.29 is 0 Å². The third-order valence-corrected chi connectivity index (χ3v) is 10.3. The standard InChI is InChI=1S/C52H37N/c1-2-49(53-50(39-21-7-4-8-22-39)34-31-36-17-5-3-6-18-36)40-32-33-47-48(35-40)52(44-30-16-24-38-20-10-12-26-42(38)44)46-28-14-13-27-45(46)51(47)43-29-15-23-37-19-9-11-25-41(37)43/h2-30,32-35H,1,31H2/b50-34-,53-49?. The number of aliphatic imine (C=N–C) groups is 1. The number of hydrogen-bond donors (Lipinski definition) is 0. The SMILES string of the molecule is C=CC(=N/C(=C\Cc1ccccc1)c1ccccc1)c1ccc2c(-c3cccc4ccccc34)c3ccccc3c(-c3cccc4ccccc34)c2c1. The monoisotopic (exact) mass is 675 g/mol. The summed E-state index contributed by atoms with van der Waals surface area (Å²) in [7, 11) is 0. The zero-order chi connectivity index (χ0) is 35.6. The van der Waals surface area contributed by atoms with Crippen LogP contribution in [0.4, 0.5) is 0 Å². The first-order chi connectivity index (χ1) is 26.3. The molecule has 9 aromatic rings. The van der Waals surface area contributed by atoms with Gasteiger partial charge in [-0.25, -0.2) is 4.99 Å². The summed E-state index contributed by atoms with van der Waals surface area (Å²) < 4.78 is 0. The fraction of sp³-hybridized carbons (Fsp3) is 0.0192. The van der Waals surface area contributed by atoms with Crippen molar-refractivity contribution in [2.24, 2.45) is 4.99 Å². The number of rotatable bonds is 8. The van der Waals surface area contributed by atoms with E-state index in [2.05, 4.69) is 195 Å². The van der Waals surface area contributed by atoms with E-state index in [4.69, 9.17) is 4.99 Å². The van der Waals surface area contributed by atoms with Gasteiger partial charge < -0.3 is 0 Å². The number of nitrogens with zero attached hydrogens (tertiary/aromatic N) is 1. The van der Waals surface area contributed by atoms with Gasteiger partial charge in [0.25, 0.3) is 0 Å². The van der Waals surface area contributed by atoms with Gasteiger partial charge in [0.05, 0.1) is 11.4 Å². The molecule has 0 aliphatic carbocycles. The zero-order valence-electron chi connectivity index (χ0n) is 29.4. The van der Waals surface area contributed by atoms with Gasteiger partial charge in [-0.3, -0.25) is 0 Å². The fourth-order valence-electron chi connectivity index (χ4n) is 7.83. The summed E-state index contributed by atoms with van der Waals surface area (Å²) in [6.07, 6.45) is 4.90. The van der Waals surface area contributed by atoms with Crippen molar-refractivity contribution >= 4 is 54.5 Å². The van der Waals surface area contributed by atoms with Crippen LogP contribution in [0.15, 0.2) is 212 Å². The predicted molar refractivity (Wildman–Crippen MR) is 229 cm³/mol. The molecule has 0 amide bonds. The van der Waals surface area contributed by atoms with E-state index in [0.717, 1.165) is 29.0 Å². The molecule has 0 spiro atoms. The second kappa shape index (κ2) is 14.1. The average molecular weight is 676 g/mol. The molecule has 0 unspecified atom stereocenters. The smallest absolute Gasteiger partial charge is 0.0703 e. The maximum atomic E-state index is 5.35. The Hall–Kier alpha value is -6.83. The Bertz CT molecular complexity index is 2850. The lowest BCUT2D eigenvalue weighted by Gasteiger charge is -2.20. The number of hydrogen-bond acceptors (Lipinski definition) is 1. The highest BCUT2D eigenvalue weighted by atomic mass is 14.8. The summed E-state index contributed by atoms with van der Waals surface area (Å²) in [6.45, 7) is 4.30. The van der Waals surface area contributed by atoms with Crippen LogP contribution in [0.1, 0.15) is 16.7 Å². The largest absolute Gasteiger partial charge is 0.248 e. The molecule has 0 aliphatic rings. The van der Waals surface area contributed by atoms with Crippen LogP contribution < -0.4 is 0 Å². The van der Waals surface area contributed by atoms with Crippen LogP contribution in [0.2, 0.25) is 0 Å². The van der Waals surface area contributed by atoms with Crippen LogP contribution in [0.3, 0.4) is 0 Å². The second-order valence-corrected chi connectivity index (χ2v) is 13.5. The highest BCUT2D eigenvalue weighted by molar-refractivity contribution is 6.26. The maximum absolute atomic E-state index is 5.35. The van der Waals surface area contributed by atoms with E-state index in [1.165, 1.54) is 70.9 Å². The molecule has 0 fully saturated rings. The van der Waals surface area contributed by atoms with Crippen molar-refractivity contribution in [3.05, 3.63) is 223 Å². The summed E-state index contributed by atoms with van der Waals surface area (Å²) in [5.41, 5.74) is 10.0. The van der Waals surface area contributed by atoms with Crippen LogP contribution in [0, 0.1) is 0 Å². The summed E-state index contributed by atoms with van der Waals surface area (Å²) in [4.78, 5) is 5.35. The number of allylic oxidation sites excluding steroid dienone is 2. The van der Waals surface area contributed by atoms with Crippen molar-refractivity contribution in [2.45, 2.75) is 6.42 Å². The molecule has 0 saturated heterocycles. The van der Waals surface area contributed by atoms with E-state index < -0.39 is 0 Å². The predicted octanol–water partition coefficient (Wildman–Crippen LogP) is 13.9. The Morgan fingerprint density at radius 1 is 0.434 bits per heavy atom. The van der Waals surface area contributed by atoms with E-state index in [1.807, 2.05) is 12.1 Å². The van der Waals surface area contributed by atoms with E-state index in [-0.39, 0.29) is 0 Å². The molecular weight excluding hydrogens is 639 g/mol. The van der Waals surface area contributed by atoms with Crippen molar-refractivity contribution in [3.63, 3.8) is 0 Å². The second-order valence-electron chi connectivity index (χ2n) is 13.5. The minimum atomic E-state index is 0.780. The van der Waals surface area contributed by atoms with Gasteiger partial charge >= 0.3 is 0 Å². The van der Waals surface area contributed by atoms with Crippen LogP contribution in [-0.2, 0) is 6.42 Å². The molecule has 9 aromatic carbocycles. The molecule has 0 aromatic heterocycles. The molecule has 0 aliphatic heterocycles. The molecular formula is C52H37N. The lowest BCUT2D eigenvalue weighted by atomic mass is 9.83. The van der Waals surface area contributed by atoms with E-state index in [0.29, 0.717) is 0 Å². The molecule has 250 valence electrons. The first kappa shape index (κ1) is 32.1. The fourth-order valence-corrected chi connectivity index (χ4v) is 7.83. The highest BCUT2D eigenvalue weighted by Crippen LogP contribution is 2.47. The number of fused-ring (bicyclic) bond motifs is 4.